The smallest absolute Gasteiger partial charge is 0.325 e. The maximum absolute atomic E-state index is 12.4. The van der Waals surface area contributed by atoms with Gasteiger partial charge in [-0.15, -0.1) is 0 Å². The highest BCUT2D eigenvalue weighted by atomic mass is 35.5. The predicted octanol–water partition coefficient (Wildman–Crippen LogP) is 4.09. The van der Waals surface area contributed by atoms with Crippen molar-refractivity contribution in [2.45, 2.75) is 12.7 Å². The highest BCUT2D eigenvalue weighted by Crippen LogP contribution is 2.29. The van der Waals surface area contributed by atoms with Gasteiger partial charge in [0.2, 0.25) is 5.91 Å². The van der Waals surface area contributed by atoms with Crippen LogP contribution in [0, 0.1) is 0 Å². The largest absolute Gasteiger partial charge is 0.416 e. The zero-order valence-corrected chi connectivity index (χ0v) is 12.7. The SMILES string of the molecule is O=C(CNCc1ccccc1Cl)Nc1ccc(C(F)(F)F)cc1. The van der Waals surface area contributed by atoms with Crippen molar-refractivity contribution in [1.82, 2.24) is 5.32 Å². The second-order valence-corrected chi connectivity index (χ2v) is 5.23. The molecule has 0 aliphatic heterocycles. The van der Waals surface area contributed by atoms with Gasteiger partial charge in [0.15, 0.2) is 0 Å². The molecule has 0 saturated heterocycles. The molecule has 2 aromatic carbocycles. The highest BCUT2D eigenvalue weighted by Gasteiger charge is 2.29. The molecule has 0 spiro atoms. The number of alkyl halides is 3. The number of hydrogen-bond acceptors (Lipinski definition) is 2. The van der Waals surface area contributed by atoms with E-state index < -0.39 is 11.7 Å². The fraction of sp³-hybridized carbons (Fsp3) is 0.188. The zero-order valence-electron chi connectivity index (χ0n) is 12.0. The van der Waals surface area contributed by atoms with E-state index in [4.69, 9.17) is 11.6 Å². The molecular formula is C16H14ClF3N2O. The number of amides is 1. The molecule has 0 heterocycles. The van der Waals surface area contributed by atoms with Gasteiger partial charge in [0, 0.05) is 17.3 Å². The molecule has 2 aromatic rings. The van der Waals surface area contributed by atoms with Gasteiger partial charge in [-0.1, -0.05) is 29.8 Å². The average molecular weight is 343 g/mol. The summed E-state index contributed by atoms with van der Waals surface area (Å²) in [6.07, 6.45) is -4.39. The van der Waals surface area contributed by atoms with E-state index >= 15 is 0 Å². The Balaban J connectivity index is 1.82. The molecule has 2 rings (SSSR count). The molecule has 0 radical (unpaired) electrons. The summed E-state index contributed by atoms with van der Waals surface area (Å²) in [5.74, 6) is -0.350. The standard InChI is InChI=1S/C16H14ClF3N2O/c17-14-4-2-1-3-11(14)9-21-10-15(23)22-13-7-5-12(6-8-13)16(18,19)20/h1-8,21H,9-10H2,(H,22,23). The minimum atomic E-state index is -4.39. The number of hydrogen-bond donors (Lipinski definition) is 2. The van der Waals surface area contributed by atoms with Crippen LogP contribution in [-0.2, 0) is 17.5 Å². The molecule has 122 valence electrons. The number of carbonyl (C=O) groups excluding carboxylic acids is 1. The molecule has 2 N–H and O–H groups in total. The number of carbonyl (C=O) groups is 1. The van der Waals surface area contributed by atoms with E-state index in [1.807, 2.05) is 18.2 Å². The van der Waals surface area contributed by atoms with Crippen LogP contribution in [0.3, 0.4) is 0 Å². The summed E-state index contributed by atoms with van der Waals surface area (Å²) < 4.78 is 37.3. The molecule has 0 aliphatic rings. The van der Waals surface area contributed by atoms with Gasteiger partial charge in [0.25, 0.3) is 0 Å². The van der Waals surface area contributed by atoms with Gasteiger partial charge in [-0.05, 0) is 35.9 Å². The Bertz CT molecular complexity index is 672. The van der Waals surface area contributed by atoms with Crippen molar-refractivity contribution < 1.29 is 18.0 Å². The van der Waals surface area contributed by atoms with Crippen molar-refractivity contribution in [2.24, 2.45) is 0 Å². The molecule has 1 amide bonds. The van der Waals surface area contributed by atoms with Crippen molar-refractivity contribution >= 4 is 23.2 Å². The quantitative estimate of drug-likeness (QED) is 0.859. The fourth-order valence-corrected chi connectivity index (χ4v) is 2.10. The normalized spacial score (nSPS) is 11.3. The molecule has 0 bridgehead atoms. The van der Waals surface area contributed by atoms with Crippen molar-refractivity contribution in [3.05, 3.63) is 64.7 Å². The third-order valence-electron chi connectivity index (χ3n) is 3.05. The van der Waals surface area contributed by atoms with Gasteiger partial charge in [0.1, 0.15) is 0 Å². The van der Waals surface area contributed by atoms with Crippen molar-refractivity contribution in [2.75, 3.05) is 11.9 Å². The minimum absolute atomic E-state index is 0.0201. The van der Waals surface area contributed by atoms with Crippen LogP contribution >= 0.6 is 11.6 Å². The number of benzene rings is 2. The van der Waals surface area contributed by atoms with Gasteiger partial charge in [0.05, 0.1) is 12.1 Å². The van der Waals surface area contributed by atoms with Crippen molar-refractivity contribution in [3.63, 3.8) is 0 Å². The first-order valence-electron chi connectivity index (χ1n) is 6.77. The lowest BCUT2D eigenvalue weighted by molar-refractivity contribution is -0.137. The second-order valence-electron chi connectivity index (χ2n) is 4.82. The topological polar surface area (TPSA) is 41.1 Å². The summed E-state index contributed by atoms with van der Waals surface area (Å²) in [7, 11) is 0. The molecule has 23 heavy (non-hydrogen) atoms. The van der Waals surface area contributed by atoms with E-state index in [2.05, 4.69) is 10.6 Å². The highest BCUT2D eigenvalue weighted by molar-refractivity contribution is 6.31. The van der Waals surface area contributed by atoms with Gasteiger partial charge >= 0.3 is 6.18 Å². The predicted molar refractivity (Wildman–Crippen MR) is 83.2 cm³/mol. The molecule has 0 saturated carbocycles. The number of nitrogens with one attached hydrogen (secondary N) is 2. The summed E-state index contributed by atoms with van der Waals surface area (Å²) in [4.78, 5) is 11.7. The summed E-state index contributed by atoms with van der Waals surface area (Å²) in [6, 6.07) is 11.5. The number of anilines is 1. The first-order chi connectivity index (χ1) is 10.9. The molecule has 0 fully saturated rings. The lowest BCUT2D eigenvalue weighted by Gasteiger charge is -2.10. The Morgan fingerprint density at radius 3 is 2.30 bits per heavy atom. The average Bonchev–Trinajstić information content (AvgIpc) is 2.49. The van der Waals surface area contributed by atoms with Gasteiger partial charge < -0.3 is 10.6 Å². The second kappa shape index (κ2) is 7.48. The van der Waals surface area contributed by atoms with Gasteiger partial charge in [-0.3, -0.25) is 4.79 Å². The monoisotopic (exact) mass is 342 g/mol. The van der Waals surface area contributed by atoms with Crippen LogP contribution in [-0.4, -0.2) is 12.5 Å². The van der Waals surface area contributed by atoms with Crippen molar-refractivity contribution in [3.8, 4) is 0 Å². The Morgan fingerprint density at radius 1 is 1.04 bits per heavy atom. The third-order valence-corrected chi connectivity index (χ3v) is 3.42. The summed E-state index contributed by atoms with van der Waals surface area (Å²) in [5, 5.41) is 6.04. The maximum atomic E-state index is 12.4. The molecule has 7 heteroatoms. The van der Waals surface area contributed by atoms with Crippen LogP contribution in [0.5, 0.6) is 0 Å². The van der Waals surface area contributed by atoms with Crippen LogP contribution in [0.15, 0.2) is 48.5 Å². The van der Waals surface area contributed by atoms with Crippen molar-refractivity contribution in [1.29, 1.82) is 0 Å². The van der Waals surface area contributed by atoms with Gasteiger partial charge in [-0.2, -0.15) is 13.2 Å². The Hall–Kier alpha value is -2.05. The molecule has 3 nitrogen and oxygen atoms in total. The molecular weight excluding hydrogens is 329 g/mol. The van der Waals surface area contributed by atoms with E-state index in [-0.39, 0.29) is 12.5 Å². The lowest BCUT2D eigenvalue weighted by atomic mass is 10.2. The van der Waals surface area contributed by atoms with Crippen LogP contribution in [0.4, 0.5) is 18.9 Å². The third kappa shape index (κ3) is 5.26. The Kier molecular flexibility index (Phi) is 5.63. The van der Waals surface area contributed by atoms with E-state index in [1.54, 1.807) is 6.07 Å². The van der Waals surface area contributed by atoms with Crippen LogP contribution in [0.2, 0.25) is 5.02 Å². The van der Waals surface area contributed by atoms with E-state index in [1.165, 1.54) is 12.1 Å². The number of halogens is 4. The molecule has 0 atom stereocenters. The lowest BCUT2D eigenvalue weighted by Crippen LogP contribution is -2.27. The summed E-state index contributed by atoms with van der Waals surface area (Å²) in [5.41, 5.74) is 0.409. The molecule has 0 aliphatic carbocycles. The van der Waals surface area contributed by atoms with E-state index in [0.717, 1.165) is 17.7 Å². The van der Waals surface area contributed by atoms with Crippen LogP contribution in [0.1, 0.15) is 11.1 Å². The minimum Gasteiger partial charge on any atom is -0.325 e. The van der Waals surface area contributed by atoms with E-state index in [9.17, 15) is 18.0 Å². The first kappa shape index (κ1) is 17.3. The number of rotatable bonds is 5. The van der Waals surface area contributed by atoms with Crippen LogP contribution < -0.4 is 10.6 Å². The zero-order chi connectivity index (χ0) is 16.9. The summed E-state index contributed by atoms with van der Waals surface area (Å²) in [6.45, 7) is 0.437. The molecule has 0 aromatic heterocycles. The maximum Gasteiger partial charge on any atom is 0.416 e. The Labute approximate surface area is 136 Å². The van der Waals surface area contributed by atoms with Gasteiger partial charge in [-0.25, -0.2) is 0 Å². The Morgan fingerprint density at radius 2 is 1.70 bits per heavy atom. The fourth-order valence-electron chi connectivity index (χ4n) is 1.90. The first-order valence-corrected chi connectivity index (χ1v) is 7.15. The van der Waals surface area contributed by atoms with Crippen LogP contribution in [0.25, 0.3) is 0 Å². The van der Waals surface area contributed by atoms with E-state index in [0.29, 0.717) is 17.3 Å². The molecule has 0 unspecified atom stereocenters. The summed E-state index contributed by atoms with van der Waals surface area (Å²) >= 11 is 5.99.